The Morgan fingerprint density at radius 1 is 1.08 bits per heavy atom. The van der Waals surface area contributed by atoms with E-state index in [0.29, 0.717) is 10.6 Å². The van der Waals surface area contributed by atoms with Gasteiger partial charge >= 0.3 is 0 Å². The highest BCUT2D eigenvalue weighted by Gasteiger charge is 2.66. The first-order valence-electron chi connectivity index (χ1n) is 8.51. The molecule has 124 valence electrons. The van der Waals surface area contributed by atoms with Gasteiger partial charge in [0.25, 0.3) is 0 Å². The zero-order chi connectivity index (χ0) is 17.2. The SMILES string of the molecule is O=C(c1ccc(Cl)cc1)[C@H]1[C@H]2C=C[C@@H](C2)[C@]12C(=O)Nc1ccccc12. The van der Waals surface area contributed by atoms with Crippen LogP contribution in [-0.4, -0.2) is 11.7 Å². The van der Waals surface area contributed by atoms with Crippen molar-refractivity contribution in [3.05, 3.63) is 76.8 Å². The normalized spacial score (nSPS) is 31.4. The largest absolute Gasteiger partial charge is 0.325 e. The molecule has 1 saturated carbocycles. The quantitative estimate of drug-likeness (QED) is 0.651. The topological polar surface area (TPSA) is 46.2 Å². The summed E-state index contributed by atoms with van der Waals surface area (Å²) in [6.45, 7) is 0. The molecule has 0 unspecified atom stereocenters. The summed E-state index contributed by atoms with van der Waals surface area (Å²) in [5, 5.41) is 3.61. The summed E-state index contributed by atoms with van der Waals surface area (Å²) in [6.07, 6.45) is 5.09. The molecule has 2 aromatic carbocycles. The Morgan fingerprint density at radius 2 is 1.84 bits per heavy atom. The summed E-state index contributed by atoms with van der Waals surface area (Å²) < 4.78 is 0. The zero-order valence-corrected chi connectivity index (χ0v) is 14.2. The van der Waals surface area contributed by atoms with E-state index >= 15 is 0 Å². The standard InChI is InChI=1S/C21H16ClNO2/c22-15-9-6-12(7-10-15)19(24)18-13-5-8-14(11-13)21(18)16-3-1-2-4-17(16)23-20(21)25/h1-10,13-14,18H,11H2,(H,23,25)/t13-,14-,18+,21+/m0/s1. The number of hydrogen-bond acceptors (Lipinski definition) is 2. The molecule has 1 heterocycles. The lowest BCUT2D eigenvalue weighted by Crippen LogP contribution is -2.48. The summed E-state index contributed by atoms with van der Waals surface area (Å²) in [7, 11) is 0. The number of benzene rings is 2. The van der Waals surface area contributed by atoms with Crippen molar-refractivity contribution < 1.29 is 9.59 Å². The molecule has 4 atom stereocenters. The number of anilines is 1. The molecule has 2 aliphatic carbocycles. The third-order valence-electron chi connectivity index (χ3n) is 6.03. The highest BCUT2D eigenvalue weighted by atomic mass is 35.5. The molecule has 3 aliphatic rings. The molecule has 1 N–H and O–H groups in total. The molecular formula is C21H16ClNO2. The third kappa shape index (κ3) is 1.82. The summed E-state index contributed by atoms with van der Waals surface area (Å²) in [5.41, 5.74) is 1.63. The fraction of sp³-hybridized carbons (Fsp3) is 0.238. The van der Waals surface area contributed by atoms with Crippen molar-refractivity contribution in [3.63, 3.8) is 0 Å². The van der Waals surface area contributed by atoms with E-state index in [0.717, 1.165) is 17.7 Å². The van der Waals surface area contributed by atoms with E-state index in [1.165, 1.54) is 0 Å². The van der Waals surface area contributed by atoms with Crippen molar-refractivity contribution in [1.82, 2.24) is 0 Å². The molecule has 0 radical (unpaired) electrons. The van der Waals surface area contributed by atoms with E-state index in [-0.39, 0.29) is 29.4 Å². The van der Waals surface area contributed by atoms with Crippen molar-refractivity contribution in [2.75, 3.05) is 5.32 Å². The number of para-hydroxylation sites is 1. The maximum Gasteiger partial charge on any atom is 0.236 e. The van der Waals surface area contributed by atoms with Crippen LogP contribution in [0.25, 0.3) is 0 Å². The van der Waals surface area contributed by atoms with Gasteiger partial charge in [0.2, 0.25) is 5.91 Å². The number of amides is 1. The zero-order valence-electron chi connectivity index (χ0n) is 13.4. The lowest BCUT2D eigenvalue weighted by Gasteiger charge is -2.36. The van der Waals surface area contributed by atoms with E-state index in [1.54, 1.807) is 24.3 Å². The molecule has 0 saturated heterocycles. The Balaban J connectivity index is 1.69. The van der Waals surface area contributed by atoms with Crippen LogP contribution in [0.3, 0.4) is 0 Å². The van der Waals surface area contributed by atoms with Gasteiger partial charge in [0.05, 0.1) is 5.41 Å². The second-order valence-electron chi connectivity index (χ2n) is 7.11. The molecule has 3 nitrogen and oxygen atoms in total. The van der Waals surface area contributed by atoms with Crippen molar-refractivity contribution in [2.45, 2.75) is 11.8 Å². The van der Waals surface area contributed by atoms with Crippen molar-refractivity contribution >= 4 is 29.0 Å². The molecule has 2 bridgehead atoms. The smallest absolute Gasteiger partial charge is 0.236 e. The molecular weight excluding hydrogens is 334 g/mol. The summed E-state index contributed by atoms with van der Waals surface area (Å²) in [6, 6.07) is 14.7. The maximum atomic E-state index is 13.4. The fourth-order valence-electron chi connectivity index (χ4n) is 5.05. The van der Waals surface area contributed by atoms with Crippen LogP contribution in [0.2, 0.25) is 5.02 Å². The van der Waals surface area contributed by atoms with E-state index in [4.69, 9.17) is 11.6 Å². The minimum Gasteiger partial charge on any atom is -0.325 e. The van der Waals surface area contributed by atoms with Gasteiger partial charge in [-0.2, -0.15) is 0 Å². The number of rotatable bonds is 2. The summed E-state index contributed by atoms with van der Waals surface area (Å²) in [4.78, 5) is 26.5. The Labute approximate surface area is 150 Å². The predicted octanol–water partition coefficient (Wildman–Crippen LogP) is 4.23. The first-order valence-corrected chi connectivity index (χ1v) is 8.89. The number of allylic oxidation sites excluding steroid dienone is 2. The number of ketones is 1. The Morgan fingerprint density at radius 3 is 2.64 bits per heavy atom. The first kappa shape index (κ1) is 14.9. The Kier molecular flexibility index (Phi) is 3.02. The number of hydrogen-bond donors (Lipinski definition) is 1. The molecule has 5 rings (SSSR count). The number of fused-ring (bicyclic) bond motifs is 5. The summed E-state index contributed by atoms with van der Waals surface area (Å²) >= 11 is 5.96. The molecule has 2 aromatic rings. The minimum atomic E-state index is -0.785. The molecule has 1 spiro atoms. The highest BCUT2D eigenvalue weighted by Crippen LogP contribution is 2.61. The van der Waals surface area contributed by atoms with Crippen molar-refractivity contribution in [1.29, 1.82) is 0 Å². The first-order chi connectivity index (χ1) is 12.1. The molecule has 25 heavy (non-hydrogen) atoms. The van der Waals surface area contributed by atoms with E-state index in [9.17, 15) is 9.59 Å². The fourth-order valence-corrected chi connectivity index (χ4v) is 5.18. The number of Topliss-reactive ketones (excluding diaryl/α,β-unsaturated/α-hetero) is 1. The van der Waals surface area contributed by atoms with Crippen molar-refractivity contribution in [2.24, 2.45) is 17.8 Å². The average Bonchev–Trinajstić information content (AvgIpc) is 3.29. The Hall–Kier alpha value is -2.39. The minimum absolute atomic E-state index is 0.0281. The lowest BCUT2D eigenvalue weighted by atomic mass is 9.63. The second kappa shape index (κ2) is 5.06. The lowest BCUT2D eigenvalue weighted by molar-refractivity contribution is -0.122. The van der Waals surface area contributed by atoms with Crippen LogP contribution >= 0.6 is 11.6 Å². The van der Waals surface area contributed by atoms with Crippen molar-refractivity contribution in [3.8, 4) is 0 Å². The van der Waals surface area contributed by atoms with Gasteiger partial charge in [-0.3, -0.25) is 9.59 Å². The van der Waals surface area contributed by atoms with Gasteiger partial charge in [-0.1, -0.05) is 42.0 Å². The highest BCUT2D eigenvalue weighted by molar-refractivity contribution is 6.30. The van der Waals surface area contributed by atoms with Crippen LogP contribution < -0.4 is 5.32 Å². The summed E-state index contributed by atoms with van der Waals surface area (Å²) in [5.74, 6) is -0.210. The monoisotopic (exact) mass is 349 g/mol. The van der Waals surface area contributed by atoms with Crippen LogP contribution in [0.5, 0.6) is 0 Å². The van der Waals surface area contributed by atoms with E-state index in [2.05, 4.69) is 17.5 Å². The van der Waals surface area contributed by atoms with Crippen LogP contribution in [-0.2, 0) is 10.2 Å². The average molecular weight is 350 g/mol. The Bertz CT molecular complexity index is 933. The van der Waals surface area contributed by atoms with Gasteiger partial charge in [0.1, 0.15) is 0 Å². The molecule has 1 fully saturated rings. The van der Waals surface area contributed by atoms with Gasteiger partial charge in [-0.05, 0) is 54.2 Å². The van der Waals surface area contributed by atoms with E-state index in [1.807, 2.05) is 24.3 Å². The molecule has 1 amide bonds. The van der Waals surface area contributed by atoms with Gasteiger partial charge in [0.15, 0.2) is 5.78 Å². The van der Waals surface area contributed by atoms with Crippen LogP contribution in [0.15, 0.2) is 60.7 Å². The third-order valence-corrected chi connectivity index (χ3v) is 6.28. The molecule has 4 heteroatoms. The van der Waals surface area contributed by atoms with Crippen LogP contribution in [0, 0.1) is 17.8 Å². The van der Waals surface area contributed by atoms with E-state index < -0.39 is 5.41 Å². The van der Waals surface area contributed by atoms with Crippen LogP contribution in [0.4, 0.5) is 5.69 Å². The van der Waals surface area contributed by atoms with Gasteiger partial charge in [-0.15, -0.1) is 0 Å². The predicted molar refractivity (Wildman–Crippen MR) is 96.8 cm³/mol. The number of carbonyl (C=O) groups is 2. The number of carbonyl (C=O) groups excluding carboxylic acids is 2. The second-order valence-corrected chi connectivity index (χ2v) is 7.54. The number of nitrogens with one attached hydrogen (secondary N) is 1. The van der Waals surface area contributed by atoms with Gasteiger partial charge < -0.3 is 5.32 Å². The number of halogens is 1. The van der Waals surface area contributed by atoms with Crippen LogP contribution in [0.1, 0.15) is 22.3 Å². The molecule has 1 aliphatic heterocycles. The van der Waals surface area contributed by atoms with Gasteiger partial charge in [0, 0.05) is 22.2 Å². The molecule has 0 aromatic heterocycles. The maximum absolute atomic E-state index is 13.4. The van der Waals surface area contributed by atoms with Gasteiger partial charge in [-0.25, -0.2) is 0 Å².